The monoisotopic (exact) mass is 270 g/mol. The van der Waals surface area contributed by atoms with Crippen molar-refractivity contribution in [3.05, 3.63) is 29.6 Å². The first-order valence-electron chi connectivity index (χ1n) is 6.35. The van der Waals surface area contributed by atoms with Crippen LogP contribution < -0.4 is 5.32 Å². The minimum atomic E-state index is -1.28. The summed E-state index contributed by atoms with van der Waals surface area (Å²) in [5, 5.41) is 11.9. The molecule has 2 unspecified atom stereocenters. The molecule has 1 fully saturated rings. The van der Waals surface area contributed by atoms with E-state index < -0.39 is 17.7 Å². The van der Waals surface area contributed by atoms with Crippen molar-refractivity contribution in [2.24, 2.45) is 5.92 Å². The zero-order valence-electron chi connectivity index (χ0n) is 10.4. The molecule has 2 atom stereocenters. The quantitative estimate of drug-likeness (QED) is 0.821. The van der Waals surface area contributed by atoms with Crippen LogP contribution >= 0.6 is 0 Å². The molecule has 1 heterocycles. The summed E-state index contributed by atoms with van der Waals surface area (Å²) >= 11 is 0. The second-order valence-electron chi connectivity index (χ2n) is 4.77. The fourth-order valence-corrected chi connectivity index (χ4v) is 2.46. The number of aliphatic hydroxyl groups is 1. The summed E-state index contributed by atoms with van der Waals surface area (Å²) in [5.41, 5.74) is -0.352. The number of carbonyl (C=O) groups is 1. The average Bonchev–Trinajstić information content (AvgIpc) is 2.42. The zero-order chi connectivity index (χ0) is 13.8. The topological polar surface area (TPSA) is 62.2 Å². The summed E-state index contributed by atoms with van der Waals surface area (Å²) in [6.45, 7) is -0.0157. The van der Waals surface area contributed by atoms with Crippen molar-refractivity contribution in [1.29, 1.82) is 0 Å². The molecule has 2 rings (SSSR count). The molecule has 1 aliphatic carbocycles. The number of halogens is 2. The highest BCUT2D eigenvalue weighted by Gasteiger charge is 2.27. The number of carbonyl (C=O) groups excluding carboxylic acids is 1. The maximum atomic E-state index is 13.4. The standard InChI is InChI=1S/C13H16F2N2O2/c14-11-9(5-6-16-12(11)15)13(19)17-10-4-2-1-3-8(10)7-18/h5-6,8,10,18H,1-4,7H2,(H,17,19). The summed E-state index contributed by atoms with van der Waals surface area (Å²) < 4.78 is 26.4. The van der Waals surface area contributed by atoms with E-state index in [1.807, 2.05) is 0 Å². The molecule has 1 saturated carbocycles. The van der Waals surface area contributed by atoms with Crippen LogP contribution in [0.25, 0.3) is 0 Å². The number of hydrogen-bond acceptors (Lipinski definition) is 3. The Kier molecular flexibility index (Phi) is 4.42. The number of aliphatic hydroxyl groups excluding tert-OH is 1. The predicted octanol–water partition coefficient (Wildman–Crippen LogP) is 1.64. The van der Waals surface area contributed by atoms with E-state index in [9.17, 15) is 18.7 Å². The minimum Gasteiger partial charge on any atom is -0.396 e. The summed E-state index contributed by atoms with van der Waals surface area (Å²) in [4.78, 5) is 15.1. The first-order valence-corrected chi connectivity index (χ1v) is 6.35. The Morgan fingerprint density at radius 3 is 2.89 bits per heavy atom. The molecular formula is C13H16F2N2O2. The van der Waals surface area contributed by atoms with Crippen LogP contribution in [0, 0.1) is 17.7 Å². The lowest BCUT2D eigenvalue weighted by Crippen LogP contribution is -2.43. The molecule has 0 saturated heterocycles. The number of nitrogens with one attached hydrogen (secondary N) is 1. The van der Waals surface area contributed by atoms with Gasteiger partial charge >= 0.3 is 0 Å². The first-order chi connectivity index (χ1) is 9.13. The maximum Gasteiger partial charge on any atom is 0.254 e. The Balaban J connectivity index is 2.09. The number of pyridine rings is 1. The van der Waals surface area contributed by atoms with Crippen molar-refractivity contribution in [3.8, 4) is 0 Å². The molecule has 1 aromatic rings. The van der Waals surface area contributed by atoms with Gasteiger partial charge in [-0.05, 0) is 18.9 Å². The van der Waals surface area contributed by atoms with Gasteiger partial charge in [-0.2, -0.15) is 4.39 Å². The van der Waals surface area contributed by atoms with Gasteiger partial charge in [0.15, 0.2) is 5.82 Å². The van der Waals surface area contributed by atoms with Gasteiger partial charge in [0, 0.05) is 24.8 Å². The second kappa shape index (κ2) is 6.06. The fourth-order valence-electron chi connectivity index (χ4n) is 2.46. The van der Waals surface area contributed by atoms with Crippen molar-refractivity contribution in [3.63, 3.8) is 0 Å². The van der Waals surface area contributed by atoms with Crippen LogP contribution in [0.3, 0.4) is 0 Å². The molecule has 104 valence electrons. The molecule has 0 aliphatic heterocycles. The number of amides is 1. The number of rotatable bonds is 3. The molecule has 19 heavy (non-hydrogen) atoms. The predicted molar refractivity (Wildman–Crippen MR) is 64.5 cm³/mol. The Bertz CT molecular complexity index is 468. The molecule has 1 aromatic heterocycles. The van der Waals surface area contributed by atoms with E-state index in [-0.39, 0.29) is 24.1 Å². The molecular weight excluding hydrogens is 254 g/mol. The van der Waals surface area contributed by atoms with Crippen LogP contribution in [-0.4, -0.2) is 28.6 Å². The molecule has 1 aliphatic rings. The van der Waals surface area contributed by atoms with Crippen molar-refractivity contribution in [2.45, 2.75) is 31.7 Å². The Hall–Kier alpha value is -1.56. The van der Waals surface area contributed by atoms with Gasteiger partial charge in [0.05, 0.1) is 5.56 Å². The third-order valence-corrected chi connectivity index (χ3v) is 3.55. The van der Waals surface area contributed by atoms with Gasteiger partial charge in [-0.3, -0.25) is 4.79 Å². The molecule has 6 heteroatoms. The largest absolute Gasteiger partial charge is 0.396 e. The smallest absolute Gasteiger partial charge is 0.254 e. The van der Waals surface area contributed by atoms with Crippen LogP contribution in [0.15, 0.2) is 12.3 Å². The molecule has 2 N–H and O–H groups in total. The van der Waals surface area contributed by atoms with E-state index in [0.29, 0.717) is 0 Å². The van der Waals surface area contributed by atoms with Crippen molar-refractivity contribution in [2.75, 3.05) is 6.61 Å². The first kappa shape index (κ1) is 13.9. The van der Waals surface area contributed by atoms with E-state index in [2.05, 4.69) is 10.3 Å². The van der Waals surface area contributed by atoms with E-state index in [4.69, 9.17) is 0 Å². The summed E-state index contributed by atoms with van der Waals surface area (Å²) in [6.07, 6.45) is 4.59. The molecule has 0 spiro atoms. The normalized spacial score (nSPS) is 23.1. The lowest BCUT2D eigenvalue weighted by molar-refractivity contribution is 0.0867. The van der Waals surface area contributed by atoms with Crippen molar-refractivity contribution >= 4 is 5.91 Å². The van der Waals surface area contributed by atoms with Crippen LogP contribution in [0.1, 0.15) is 36.0 Å². The van der Waals surface area contributed by atoms with Crippen LogP contribution in [0.4, 0.5) is 8.78 Å². The number of aromatic nitrogens is 1. The third kappa shape index (κ3) is 3.07. The Morgan fingerprint density at radius 2 is 2.16 bits per heavy atom. The van der Waals surface area contributed by atoms with E-state index in [1.165, 1.54) is 0 Å². The second-order valence-corrected chi connectivity index (χ2v) is 4.77. The number of hydrogen-bond donors (Lipinski definition) is 2. The lowest BCUT2D eigenvalue weighted by atomic mass is 9.85. The van der Waals surface area contributed by atoms with Crippen LogP contribution in [0.5, 0.6) is 0 Å². The molecule has 1 amide bonds. The van der Waals surface area contributed by atoms with Gasteiger partial charge in [-0.25, -0.2) is 9.37 Å². The van der Waals surface area contributed by atoms with Crippen molar-refractivity contribution in [1.82, 2.24) is 10.3 Å². The molecule has 0 bridgehead atoms. The van der Waals surface area contributed by atoms with Crippen LogP contribution in [-0.2, 0) is 0 Å². The van der Waals surface area contributed by atoms with E-state index >= 15 is 0 Å². The summed E-state index contributed by atoms with van der Waals surface area (Å²) in [7, 11) is 0. The Labute approximate surface area is 109 Å². The third-order valence-electron chi connectivity index (χ3n) is 3.55. The SMILES string of the molecule is O=C(NC1CCCCC1CO)c1ccnc(F)c1F. The highest BCUT2D eigenvalue weighted by atomic mass is 19.2. The van der Waals surface area contributed by atoms with Crippen LogP contribution in [0.2, 0.25) is 0 Å². The van der Waals surface area contributed by atoms with E-state index in [1.54, 1.807) is 0 Å². The van der Waals surface area contributed by atoms with Gasteiger partial charge in [0.25, 0.3) is 5.91 Å². The summed E-state index contributed by atoms with van der Waals surface area (Å²) in [6, 6.07) is 0.951. The molecule has 4 nitrogen and oxygen atoms in total. The van der Waals surface area contributed by atoms with Gasteiger partial charge in [0.1, 0.15) is 0 Å². The number of nitrogens with zero attached hydrogens (tertiary/aromatic N) is 1. The summed E-state index contributed by atoms with van der Waals surface area (Å²) in [5.74, 6) is -3.21. The van der Waals surface area contributed by atoms with Gasteiger partial charge < -0.3 is 10.4 Å². The zero-order valence-corrected chi connectivity index (χ0v) is 10.4. The van der Waals surface area contributed by atoms with E-state index in [0.717, 1.165) is 37.9 Å². The van der Waals surface area contributed by atoms with Gasteiger partial charge in [-0.15, -0.1) is 0 Å². The maximum absolute atomic E-state index is 13.4. The van der Waals surface area contributed by atoms with Gasteiger partial charge in [-0.1, -0.05) is 12.8 Å². The minimum absolute atomic E-state index is 0.0157. The average molecular weight is 270 g/mol. The molecule has 0 aromatic carbocycles. The van der Waals surface area contributed by atoms with Gasteiger partial charge in [0.2, 0.25) is 5.95 Å². The molecule has 0 radical (unpaired) electrons. The highest BCUT2D eigenvalue weighted by molar-refractivity contribution is 5.94. The Morgan fingerprint density at radius 1 is 1.42 bits per heavy atom. The highest BCUT2D eigenvalue weighted by Crippen LogP contribution is 2.24. The lowest BCUT2D eigenvalue weighted by Gasteiger charge is -2.30. The van der Waals surface area contributed by atoms with Crippen molar-refractivity contribution < 1.29 is 18.7 Å². The fraction of sp³-hybridized carbons (Fsp3) is 0.538.